The quantitative estimate of drug-likeness (QED) is 0.553. The van der Waals surface area contributed by atoms with E-state index < -0.39 is 5.92 Å². The first-order valence-electron chi connectivity index (χ1n) is 12.4. The molecule has 1 saturated heterocycles. The third kappa shape index (κ3) is 4.11. The number of Topliss-reactive ketones (excluding diaryl/α,β-unsaturated/α-hetero) is 1. The van der Waals surface area contributed by atoms with Crippen LogP contribution in [0.15, 0.2) is 70.7 Å². The number of hydrogen-bond donors (Lipinski definition) is 2. The average molecular weight is 469 g/mol. The summed E-state index contributed by atoms with van der Waals surface area (Å²) in [6.07, 6.45) is 5.44. The van der Waals surface area contributed by atoms with Crippen LogP contribution in [0.1, 0.15) is 55.6 Å². The van der Waals surface area contributed by atoms with Crippen molar-refractivity contribution in [3.63, 3.8) is 0 Å². The summed E-state index contributed by atoms with van der Waals surface area (Å²) in [5.41, 5.74) is 2.71. The molecule has 3 aromatic rings. The summed E-state index contributed by atoms with van der Waals surface area (Å²) in [4.78, 5) is 36.7. The van der Waals surface area contributed by atoms with Gasteiger partial charge in [-0.2, -0.15) is 4.98 Å². The molecule has 3 heterocycles. The minimum Gasteiger partial charge on any atom is -0.457 e. The van der Waals surface area contributed by atoms with E-state index in [1.165, 1.54) is 6.42 Å². The number of aromatic amines is 1. The second kappa shape index (κ2) is 9.06. The van der Waals surface area contributed by atoms with E-state index >= 15 is 0 Å². The fourth-order valence-electron chi connectivity index (χ4n) is 5.42. The fourth-order valence-corrected chi connectivity index (χ4v) is 5.42. The van der Waals surface area contributed by atoms with E-state index in [1.54, 1.807) is 0 Å². The molecule has 1 fully saturated rings. The third-order valence-electron chi connectivity index (χ3n) is 7.07. The topological polar surface area (TPSA) is 87.3 Å². The summed E-state index contributed by atoms with van der Waals surface area (Å²) in [6, 6.07) is 17.3. The number of rotatable bonds is 4. The molecular weight excluding hydrogens is 440 g/mol. The standard InChI is InChI=1S/C28H28N4O3/c33-22-14-8-13-21-24(22)23(18-9-7-12-20(17-18)35-19-10-3-1-4-11-19)25-26(29-21)30-28(31-27(25)34)32-15-5-2-6-16-32/h1,3-4,7,9-12,17,23H,2,5-6,8,13-16H2,(H2,29,30,31,34)/t23-/m0/s1. The van der Waals surface area contributed by atoms with Crippen LogP contribution in [0.4, 0.5) is 11.8 Å². The normalized spacial score (nSPS) is 19.6. The molecule has 2 aliphatic heterocycles. The van der Waals surface area contributed by atoms with E-state index in [0.29, 0.717) is 35.1 Å². The summed E-state index contributed by atoms with van der Waals surface area (Å²) >= 11 is 0. The van der Waals surface area contributed by atoms with E-state index in [1.807, 2.05) is 54.6 Å². The maximum atomic E-state index is 13.5. The summed E-state index contributed by atoms with van der Waals surface area (Å²) < 4.78 is 6.06. The minimum atomic E-state index is -0.486. The number of aromatic nitrogens is 2. The van der Waals surface area contributed by atoms with Gasteiger partial charge >= 0.3 is 0 Å². The molecule has 2 aromatic carbocycles. The van der Waals surface area contributed by atoms with Crippen molar-refractivity contribution in [2.45, 2.75) is 44.4 Å². The number of benzene rings is 2. The van der Waals surface area contributed by atoms with E-state index in [2.05, 4.69) is 15.2 Å². The summed E-state index contributed by atoms with van der Waals surface area (Å²) in [6.45, 7) is 1.77. The number of allylic oxidation sites excluding steroid dienone is 2. The molecule has 6 rings (SSSR count). The largest absolute Gasteiger partial charge is 0.457 e. The number of fused-ring (bicyclic) bond motifs is 1. The fraction of sp³-hybridized carbons (Fsp3) is 0.321. The van der Waals surface area contributed by atoms with Crippen molar-refractivity contribution in [2.24, 2.45) is 0 Å². The van der Waals surface area contributed by atoms with Crippen molar-refractivity contribution in [3.8, 4) is 11.5 Å². The highest BCUT2D eigenvalue weighted by atomic mass is 16.5. The molecule has 0 unspecified atom stereocenters. The zero-order valence-electron chi connectivity index (χ0n) is 19.5. The van der Waals surface area contributed by atoms with Crippen LogP contribution in [0.2, 0.25) is 0 Å². The van der Waals surface area contributed by atoms with Crippen molar-refractivity contribution in [3.05, 3.63) is 87.3 Å². The molecule has 0 saturated carbocycles. The number of ketones is 1. The molecule has 1 aromatic heterocycles. The lowest BCUT2D eigenvalue weighted by molar-refractivity contribution is -0.116. The van der Waals surface area contributed by atoms with Crippen LogP contribution >= 0.6 is 0 Å². The molecule has 0 amide bonds. The molecule has 178 valence electrons. The SMILES string of the molecule is O=C1CCCC2=C1[C@H](c1cccc(Oc3ccccc3)c1)c1c(nc(N3CCCCC3)[nH]c1=O)N2. The summed E-state index contributed by atoms with van der Waals surface area (Å²) in [7, 11) is 0. The number of nitrogens with zero attached hydrogens (tertiary/aromatic N) is 2. The van der Waals surface area contributed by atoms with E-state index in [9.17, 15) is 9.59 Å². The lowest BCUT2D eigenvalue weighted by Crippen LogP contribution is -2.36. The molecular formula is C28H28N4O3. The monoisotopic (exact) mass is 468 g/mol. The highest BCUT2D eigenvalue weighted by Crippen LogP contribution is 2.44. The number of carbonyl (C=O) groups excluding carboxylic acids is 1. The number of ether oxygens (including phenoxy) is 1. The Hall–Kier alpha value is -3.87. The first-order chi connectivity index (χ1) is 17.2. The highest BCUT2D eigenvalue weighted by Gasteiger charge is 2.38. The highest BCUT2D eigenvalue weighted by molar-refractivity contribution is 6.00. The van der Waals surface area contributed by atoms with E-state index in [4.69, 9.17) is 9.72 Å². The minimum absolute atomic E-state index is 0.0864. The Bertz CT molecular complexity index is 1360. The van der Waals surface area contributed by atoms with Crippen LogP contribution < -0.4 is 20.5 Å². The van der Waals surface area contributed by atoms with Crippen molar-refractivity contribution >= 4 is 17.5 Å². The summed E-state index contributed by atoms with van der Waals surface area (Å²) in [5.74, 6) is 2.15. The Balaban J connectivity index is 1.45. The van der Waals surface area contributed by atoms with Crippen LogP contribution in [-0.4, -0.2) is 28.8 Å². The molecule has 35 heavy (non-hydrogen) atoms. The number of hydrogen-bond acceptors (Lipinski definition) is 6. The third-order valence-corrected chi connectivity index (χ3v) is 7.07. The van der Waals surface area contributed by atoms with Gasteiger partial charge in [-0.25, -0.2) is 0 Å². The predicted molar refractivity (Wildman–Crippen MR) is 135 cm³/mol. The van der Waals surface area contributed by atoms with Crippen LogP contribution in [0.5, 0.6) is 11.5 Å². The molecule has 2 N–H and O–H groups in total. The smallest absolute Gasteiger partial charge is 0.258 e. The Kier molecular flexibility index (Phi) is 5.60. The Morgan fingerprint density at radius 3 is 2.51 bits per heavy atom. The Labute approximate surface area is 203 Å². The Morgan fingerprint density at radius 2 is 1.69 bits per heavy atom. The molecule has 0 spiro atoms. The van der Waals surface area contributed by atoms with E-state index in [0.717, 1.165) is 55.8 Å². The van der Waals surface area contributed by atoms with Crippen molar-refractivity contribution in [1.82, 2.24) is 9.97 Å². The zero-order valence-corrected chi connectivity index (χ0v) is 19.5. The predicted octanol–water partition coefficient (Wildman–Crippen LogP) is 5.12. The molecule has 1 atom stereocenters. The zero-order chi connectivity index (χ0) is 23.8. The lowest BCUT2D eigenvalue weighted by Gasteiger charge is -2.34. The number of piperidine rings is 1. The van der Waals surface area contributed by atoms with Gasteiger partial charge in [-0.1, -0.05) is 30.3 Å². The average Bonchev–Trinajstić information content (AvgIpc) is 2.89. The van der Waals surface area contributed by atoms with Crippen LogP contribution in [0.3, 0.4) is 0 Å². The first kappa shape index (κ1) is 21.6. The van der Waals surface area contributed by atoms with Gasteiger partial charge in [0.15, 0.2) is 5.78 Å². The van der Waals surface area contributed by atoms with Gasteiger partial charge in [0, 0.05) is 36.7 Å². The number of anilines is 2. The van der Waals surface area contributed by atoms with Crippen molar-refractivity contribution in [2.75, 3.05) is 23.3 Å². The van der Waals surface area contributed by atoms with Gasteiger partial charge in [-0.15, -0.1) is 0 Å². The van der Waals surface area contributed by atoms with Gasteiger partial charge in [0.05, 0.1) is 5.56 Å². The van der Waals surface area contributed by atoms with Crippen molar-refractivity contribution in [1.29, 1.82) is 0 Å². The molecule has 1 aliphatic carbocycles. The van der Waals surface area contributed by atoms with Gasteiger partial charge < -0.3 is 15.0 Å². The van der Waals surface area contributed by atoms with Gasteiger partial charge in [-0.05, 0) is 61.9 Å². The molecule has 0 bridgehead atoms. The van der Waals surface area contributed by atoms with Crippen molar-refractivity contribution < 1.29 is 9.53 Å². The first-order valence-corrected chi connectivity index (χ1v) is 12.4. The van der Waals surface area contributed by atoms with Gasteiger partial charge in [0.25, 0.3) is 5.56 Å². The number of nitrogens with one attached hydrogen (secondary N) is 2. The van der Waals surface area contributed by atoms with Crippen LogP contribution in [-0.2, 0) is 4.79 Å². The summed E-state index contributed by atoms with van der Waals surface area (Å²) in [5, 5.41) is 3.37. The molecule has 7 heteroatoms. The molecule has 7 nitrogen and oxygen atoms in total. The van der Waals surface area contributed by atoms with Gasteiger partial charge in [-0.3, -0.25) is 14.6 Å². The van der Waals surface area contributed by atoms with Gasteiger partial charge in [0.2, 0.25) is 5.95 Å². The molecule has 0 radical (unpaired) electrons. The van der Waals surface area contributed by atoms with Gasteiger partial charge in [0.1, 0.15) is 17.3 Å². The maximum absolute atomic E-state index is 13.5. The lowest BCUT2D eigenvalue weighted by atomic mass is 9.76. The maximum Gasteiger partial charge on any atom is 0.258 e. The number of para-hydroxylation sites is 1. The second-order valence-electron chi connectivity index (χ2n) is 9.41. The number of H-pyrrole nitrogens is 1. The second-order valence-corrected chi connectivity index (χ2v) is 9.41. The van der Waals surface area contributed by atoms with Crippen LogP contribution in [0.25, 0.3) is 0 Å². The Morgan fingerprint density at radius 1 is 0.886 bits per heavy atom. The molecule has 3 aliphatic rings. The van der Waals surface area contributed by atoms with E-state index in [-0.39, 0.29) is 11.3 Å². The van der Waals surface area contributed by atoms with Crippen LogP contribution in [0, 0.1) is 0 Å². The number of carbonyl (C=O) groups is 1.